The molecule has 2 aliphatic rings. The maximum Gasteiger partial charge on any atom is 0.334 e. The summed E-state index contributed by atoms with van der Waals surface area (Å²) in [4.78, 5) is 23.0. The second kappa shape index (κ2) is 5.72. The molecule has 22 heavy (non-hydrogen) atoms. The van der Waals surface area contributed by atoms with Crippen molar-refractivity contribution in [1.82, 2.24) is 0 Å². The molecule has 2 fully saturated rings. The Morgan fingerprint density at radius 1 is 1.55 bits per heavy atom. The zero-order valence-corrected chi connectivity index (χ0v) is 13.0. The minimum Gasteiger partial charge on any atom is -0.465 e. The number of hydrogen-bond donors (Lipinski definition) is 1. The highest BCUT2D eigenvalue weighted by molar-refractivity contribution is 5.91. The van der Waals surface area contributed by atoms with Crippen LogP contribution >= 0.6 is 0 Å². The summed E-state index contributed by atoms with van der Waals surface area (Å²) in [6.45, 7) is 14.8. The highest BCUT2D eigenvalue weighted by Crippen LogP contribution is 2.53. The van der Waals surface area contributed by atoms with Crippen LogP contribution in [-0.2, 0) is 19.1 Å². The molecule has 0 amide bonds. The molecule has 5 heteroatoms. The number of ether oxygens (including phenoxy) is 2. The number of hydrogen-bond acceptors (Lipinski definition) is 5. The maximum absolute atomic E-state index is 11.8. The van der Waals surface area contributed by atoms with E-state index in [2.05, 4.69) is 19.7 Å². The van der Waals surface area contributed by atoms with Crippen LogP contribution in [0.15, 0.2) is 37.0 Å². The standard InChI is InChI=1S/C17H22O5/c1-6-17(8-21-11(5)18)7-12(19)13-10(4)16(20)22-15(13)14(17)9(2)3/h6,12-15,19H,1-2,4,7-8H2,3,5H3. The van der Waals surface area contributed by atoms with Crippen molar-refractivity contribution in [2.24, 2.45) is 17.3 Å². The number of fused-ring (bicyclic) bond motifs is 1. The highest BCUT2D eigenvalue weighted by atomic mass is 16.6. The van der Waals surface area contributed by atoms with Crippen LogP contribution in [-0.4, -0.2) is 35.9 Å². The summed E-state index contributed by atoms with van der Waals surface area (Å²) >= 11 is 0. The number of rotatable bonds is 4. The molecule has 0 spiro atoms. The van der Waals surface area contributed by atoms with Crippen molar-refractivity contribution >= 4 is 11.9 Å². The fraction of sp³-hybridized carbons (Fsp3) is 0.529. The van der Waals surface area contributed by atoms with E-state index in [9.17, 15) is 14.7 Å². The van der Waals surface area contributed by atoms with Gasteiger partial charge in [-0.05, 0) is 13.3 Å². The molecule has 1 saturated carbocycles. The van der Waals surface area contributed by atoms with Gasteiger partial charge < -0.3 is 14.6 Å². The average Bonchev–Trinajstić information content (AvgIpc) is 2.72. The molecule has 5 nitrogen and oxygen atoms in total. The number of carbonyl (C=O) groups is 2. The Kier molecular flexibility index (Phi) is 4.29. The van der Waals surface area contributed by atoms with Crippen molar-refractivity contribution in [3.63, 3.8) is 0 Å². The highest BCUT2D eigenvalue weighted by Gasteiger charge is 2.58. The summed E-state index contributed by atoms with van der Waals surface area (Å²) in [5.74, 6) is -1.65. The molecule has 5 atom stereocenters. The van der Waals surface area contributed by atoms with Gasteiger partial charge in [-0.1, -0.05) is 24.8 Å². The van der Waals surface area contributed by atoms with E-state index < -0.39 is 35.5 Å². The first-order chi connectivity index (χ1) is 10.2. The molecule has 1 aliphatic carbocycles. The second-order valence-electron chi connectivity index (χ2n) is 6.23. The molecule has 0 aromatic heterocycles. The van der Waals surface area contributed by atoms with E-state index in [1.54, 1.807) is 6.08 Å². The zero-order valence-electron chi connectivity index (χ0n) is 13.0. The first kappa shape index (κ1) is 16.5. The molecular formula is C17H22O5. The fourth-order valence-electron chi connectivity index (χ4n) is 3.73. The Morgan fingerprint density at radius 3 is 2.68 bits per heavy atom. The van der Waals surface area contributed by atoms with Crippen molar-refractivity contribution in [3.8, 4) is 0 Å². The monoisotopic (exact) mass is 306 g/mol. The summed E-state index contributed by atoms with van der Waals surface area (Å²) < 4.78 is 10.6. The summed E-state index contributed by atoms with van der Waals surface area (Å²) in [6.07, 6.45) is 0.602. The Morgan fingerprint density at radius 2 is 2.18 bits per heavy atom. The van der Waals surface area contributed by atoms with Crippen LogP contribution in [0.5, 0.6) is 0 Å². The van der Waals surface area contributed by atoms with Gasteiger partial charge in [-0.25, -0.2) is 4.79 Å². The summed E-state index contributed by atoms with van der Waals surface area (Å²) in [5.41, 5.74) is 0.355. The van der Waals surface area contributed by atoms with Gasteiger partial charge in [0.15, 0.2) is 0 Å². The molecule has 1 saturated heterocycles. The summed E-state index contributed by atoms with van der Waals surface area (Å²) in [7, 11) is 0. The summed E-state index contributed by atoms with van der Waals surface area (Å²) in [6, 6.07) is 0. The van der Waals surface area contributed by atoms with Gasteiger partial charge in [-0.15, -0.1) is 6.58 Å². The minimum absolute atomic E-state index is 0.0632. The van der Waals surface area contributed by atoms with Crippen LogP contribution < -0.4 is 0 Å². The predicted octanol–water partition coefficient (Wildman–Crippen LogP) is 1.78. The van der Waals surface area contributed by atoms with Crippen molar-refractivity contribution in [1.29, 1.82) is 0 Å². The quantitative estimate of drug-likeness (QED) is 0.487. The molecular weight excluding hydrogens is 284 g/mol. The fourth-order valence-corrected chi connectivity index (χ4v) is 3.73. The van der Waals surface area contributed by atoms with Gasteiger partial charge in [0.25, 0.3) is 0 Å². The lowest BCUT2D eigenvalue weighted by Crippen LogP contribution is -2.53. The van der Waals surface area contributed by atoms with E-state index in [-0.39, 0.29) is 18.1 Å². The van der Waals surface area contributed by atoms with Crippen LogP contribution in [0.3, 0.4) is 0 Å². The lowest BCUT2D eigenvalue weighted by molar-refractivity contribution is -0.157. The van der Waals surface area contributed by atoms with Gasteiger partial charge in [0, 0.05) is 23.8 Å². The molecule has 0 aromatic rings. The van der Waals surface area contributed by atoms with Crippen molar-refractivity contribution < 1.29 is 24.2 Å². The Labute approximate surface area is 130 Å². The number of aliphatic hydroxyl groups is 1. The van der Waals surface area contributed by atoms with Crippen LogP contribution in [0, 0.1) is 17.3 Å². The third-order valence-corrected chi connectivity index (χ3v) is 4.69. The Hall–Kier alpha value is -1.88. The number of esters is 2. The molecule has 0 bridgehead atoms. The van der Waals surface area contributed by atoms with Crippen LogP contribution in [0.1, 0.15) is 20.3 Å². The molecule has 5 unspecified atom stereocenters. The first-order valence-electron chi connectivity index (χ1n) is 7.23. The van der Waals surface area contributed by atoms with E-state index in [4.69, 9.17) is 9.47 Å². The van der Waals surface area contributed by atoms with Crippen molar-refractivity contribution in [2.75, 3.05) is 6.61 Å². The number of carbonyl (C=O) groups excluding carboxylic acids is 2. The van der Waals surface area contributed by atoms with Gasteiger partial charge in [-0.3, -0.25) is 4.79 Å². The van der Waals surface area contributed by atoms with Gasteiger partial charge >= 0.3 is 11.9 Å². The SMILES string of the molecule is C=CC1(COC(C)=O)CC(O)C2C(=C)C(=O)OC2C1C(=C)C. The van der Waals surface area contributed by atoms with Gasteiger partial charge in [-0.2, -0.15) is 0 Å². The van der Waals surface area contributed by atoms with E-state index in [0.717, 1.165) is 5.57 Å². The van der Waals surface area contributed by atoms with Gasteiger partial charge in [0.05, 0.1) is 12.0 Å². The number of aliphatic hydroxyl groups excluding tert-OH is 1. The molecule has 0 aromatic carbocycles. The van der Waals surface area contributed by atoms with Crippen molar-refractivity contribution in [3.05, 3.63) is 37.0 Å². The minimum atomic E-state index is -0.812. The lowest BCUT2D eigenvalue weighted by atomic mass is 9.58. The summed E-state index contributed by atoms with van der Waals surface area (Å²) in [5, 5.41) is 10.5. The predicted molar refractivity (Wildman–Crippen MR) is 80.7 cm³/mol. The maximum atomic E-state index is 11.8. The third kappa shape index (κ3) is 2.50. The van der Waals surface area contributed by atoms with Gasteiger partial charge in [0.1, 0.15) is 12.7 Å². The normalized spacial score (nSPS) is 37.2. The second-order valence-corrected chi connectivity index (χ2v) is 6.23. The van der Waals surface area contributed by atoms with E-state index in [1.165, 1.54) is 6.92 Å². The van der Waals surface area contributed by atoms with E-state index in [0.29, 0.717) is 6.42 Å². The topological polar surface area (TPSA) is 72.8 Å². The molecule has 120 valence electrons. The first-order valence-corrected chi connectivity index (χ1v) is 7.23. The lowest BCUT2D eigenvalue weighted by Gasteiger charge is -2.48. The van der Waals surface area contributed by atoms with E-state index >= 15 is 0 Å². The molecule has 0 radical (unpaired) electrons. The Bertz CT molecular complexity index is 549. The average molecular weight is 306 g/mol. The third-order valence-electron chi connectivity index (χ3n) is 4.69. The zero-order chi connectivity index (χ0) is 16.7. The molecule has 2 rings (SSSR count). The van der Waals surface area contributed by atoms with E-state index in [1.807, 2.05) is 6.92 Å². The van der Waals surface area contributed by atoms with Crippen LogP contribution in [0.25, 0.3) is 0 Å². The van der Waals surface area contributed by atoms with Crippen LogP contribution in [0.4, 0.5) is 0 Å². The van der Waals surface area contributed by atoms with Gasteiger partial charge in [0.2, 0.25) is 0 Å². The molecule has 1 heterocycles. The smallest absolute Gasteiger partial charge is 0.334 e. The van der Waals surface area contributed by atoms with Crippen molar-refractivity contribution in [2.45, 2.75) is 32.5 Å². The molecule has 1 aliphatic heterocycles. The van der Waals surface area contributed by atoms with Crippen LogP contribution in [0.2, 0.25) is 0 Å². The Balaban J connectivity index is 2.44. The largest absolute Gasteiger partial charge is 0.465 e. The molecule has 1 N–H and O–H groups in total.